The Balaban J connectivity index is 2.90. The van der Waals surface area contributed by atoms with Gasteiger partial charge in [0, 0.05) is 6.21 Å². The van der Waals surface area contributed by atoms with Crippen molar-refractivity contribution >= 4 is 17.9 Å². The number of rotatable bonds is 3. The van der Waals surface area contributed by atoms with E-state index in [0.717, 1.165) is 0 Å². The summed E-state index contributed by atoms with van der Waals surface area (Å²) >= 11 is 0. The molecule has 0 aliphatic heterocycles. The number of aliphatic imine (C=N–C) groups is 1. The molecular weight excluding hydrogens is 206 g/mol. The number of carbonyl (C=O) groups is 1. The van der Waals surface area contributed by atoms with E-state index in [2.05, 4.69) is 9.73 Å². The van der Waals surface area contributed by atoms with E-state index in [1.165, 1.54) is 20.2 Å². The van der Waals surface area contributed by atoms with Gasteiger partial charge in [-0.1, -0.05) is 18.2 Å². The van der Waals surface area contributed by atoms with Gasteiger partial charge in [-0.2, -0.15) is 0 Å². The molecule has 0 atom stereocenters. The summed E-state index contributed by atoms with van der Waals surface area (Å²) < 4.78 is 4.51. The highest BCUT2D eigenvalue weighted by Gasteiger charge is 2.10. The minimum atomic E-state index is -0.611. The van der Waals surface area contributed by atoms with Crippen LogP contribution >= 0.6 is 0 Å². The molecule has 1 rings (SSSR count). The van der Waals surface area contributed by atoms with Gasteiger partial charge in [0.25, 0.3) is 0 Å². The fourth-order valence-electron chi connectivity index (χ4n) is 1.06. The third-order valence-electron chi connectivity index (χ3n) is 1.89. The fraction of sp³-hybridized carbons (Fsp3) is 0.167. The number of aliphatic hydroxyl groups excluding tert-OH is 1. The van der Waals surface area contributed by atoms with Crippen molar-refractivity contribution in [2.75, 3.05) is 7.11 Å². The molecule has 0 aromatic heterocycles. The number of benzene rings is 1. The van der Waals surface area contributed by atoms with Gasteiger partial charge in [0.1, 0.15) is 11.3 Å². The molecule has 16 heavy (non-hydrogen) atoms. The lowest BCUT2D eigenvalue weighted by atomic mass is 10.2. The van der Waals surface area contributed by atoms with Crippen LogP contribution in [-0.2, 0) is 9.53 Å². The third-order valence-corrected chi connectivity index (χ3v) is 1.89. The number of allylic oxidation sites excluding steroid dienone is 1. The Hall–Kier alpha value is -2.10. The van der Waals surface area contributed by atoms with Gasteiger partial charge in [0.05, 0.1) is 12.8 Å². The number of aliphatic hydroxyl groups is 1. The second-order valence-electron chi connectivity index (χ2n) is 3.08. The van der Waals surface area contributed by atoms with E-state index in [-0.39, 0.29) is 11.3 Å². The van der Waals surface area contributed by atoms with Gasteiger partial charge in [-0.25, -0.2) is 4.79 Å². The molecule has 0 spiro atoms. The zero-order chi connectivity index (χ0) is 12.0. The Morgan fingerprint density at radius 2 is 2.00 bits per heavy atom. The van der Waals surface area contributed by atoms with E-state index in [9.17, 15) is 9.90 Å². The lowest BCUT2D eigenvalue weighted by Crippen LogP contribution is -2.08. The molecule has 0 heterocycles. The second kappa shape index (κ2) is 5.70. The molecule has 0 bridgehead atoms. The molecule has 4 nitrogen and oxygen atoms in total. The highest BCUT2D eigenvalue weighted by Crippen LogP contribution is 2.10. The van der Waals surface area contributed by atoms with Crippen molar-refractivity contribution in [2.24, 2.45) is 4.99 Å². The summed E-state index contributed by atoms with van der Waals surface area (Å²) in [6, 6.07) is 9.11. The largest absolute Gasteiger partial charge is 0.512 e. The topological polar surface area (TPSA) is 58.9 Å². The molecular formula is C12H13NO3. The highest BCUT2D eigenvalue weighted by atomic mass is 16.5. The van der Waals surface area contributed by atoms with Crippen LogP contribution in [0.15, 0.2) is 46.7 Å². The molecule has 1 aromatic rings. The van der Waals surface area contributed by atoms with E-state index in [1.807, 2.05) is 18.2 Å². The normalized spacial score (nSPS) is 12.4. The summed E-state index contributed by atoms with van der Waals surface area (Å²) in [6.45, 7) is 1.41. The Labute approximate surface area is 93.9 Å². The van der Waals surface area contributed by atoms with Gasteiger partial charge in [-0.3, -0.25) is 4.99 Å². The number of esters is 1. The summed E-state index contributed by atoms with van der Waals surface area (Å²) in [6.07, 6.45) is 1.29. The molecule has 0 radical (unpaired) electrons. The molecule has 0 fully saturated rings. The van der Waals surface area contributed by atoms with Crippen LogP contribution in [0.5, 0.6) is 0 Å². The van der Waals surface area contributed by atoms with Crippen molar-refractivity contribution in [3.63, 3.8) is 0 Å². The van der Waals surface area contributed by atoms with Crippen LogP contribution in [0.1, 0.15) is 6.92 Å². The summed E-state index contributed by atoms with van der Waals surface area (Å²) in [7, 11) is 1.25. The summed E-state index contributed by atoms with van der Waals surface area (Å²) in [5.41, 5.74) is 0.747. The first-order valence-corrected chi connectivity index (χ1v) is 4.72. The first-order valence-electron chi connectivity index (χ1n) is 4.72. The average Bonchev–Trinajstić information content (AvgIpc) is 2.30. The highest BCUT2D eigenvalue weighted by molar-refractivity contribution is 6.10. The number of methoxy groups -OCH3 is 1. The predicted octanol–water partition coefficient (Wildman–Crippen LogP) is 2.39. The maximum absolute atomic E-state index is 11.2. The zero-order valence-electron chi connectivity index (χ0n) is 9.18. The van der Waals surface area contributed by atoms with Crippen molar-refractivity contribution in [3.05, 3.63) is 41.7 Å². The Bertz CT molecular complexity index is 417. The van der Waals surface area contributed by atoms with Crippen LogP contribution < -0.4 is 0 Å². The molecule has 0 saturated carbocycles. The van der Waals surface area contributed by atoms with Crippen molar-refractivity contribution < 1.29 is 14.6 Å². The van der Waals surface area contributed by atoms with Gasteiger partial charge in [0.15, 0.2) is 0 Å². The number of ether oxygens (including phenoxy) is 1. The van der Waals surface area contributed by atoms with Crippen LogP contribution in [-0.4, -0.2) is 24.4 Å². The average molecular weight is 219 g/mol. The van der Waals surface area contributed by atoms with E-state index < -0.39 is 5.97 Å². The van der Waals surface area contributed by atoms with Gasteiger partial charge in [-0.05, 0) is 19.1 Å². The Kier molecular flexibility index (Phi) is 4.27. The number of para-hydroxylation sites is 1. The predicted molar refractivity (Wildman–Crippen MR) is 61.9 cm³/mol. The molecule has 0 amide bonds. The number of hydrogen-bond donors (Lipinski definition) is 1. The molecule has 0 aliphatic carbocycles. The minimum absolute atomic E-state index is 0.0475. The Morgan fingerprint density at radius 3 is 2.50 bits per heavy atom. The van der Waals surface area contributed by atoms with Gasteiger partial charge in [-0.15, -0.1) is 0 Å². The lowest BCUT2D eigenvalue weighted by Gasteiger charge is -2.00. The number of carbonyl (C=O) groups excluding carboxylic acids is 1. The maximum Gasteiger partial charge on any atom is 0.342 e. The van der Waals surface area contributed by atoms with Crippen molar-refractivity contribution in [1.29, 1.82) is 0 Å². The molecule has 0 unspecified atom stereocenters. The van der Waals surface area contributed by atoms with Crippen molar-refractivity contribution in [3.8, 4) is 0 Å². The van der Waals surface area contributed by atoms with Crippen molar-refractivity contribution in [1.82, 2.24) is 0 Å². The maximum atomic E-state index is 11.2. The van der Waals surface area contributed by atoms with Crippen LogP contribution in [0.2, 0.25) is 0 Å². The van der Waals surface area contributed by atoms with Crippen LogP contribution in [0, 0.1) is 0 Å². The monoisotopic (exact) mass is 219 g/mol. The molecule has 84 valence electrons. The summed E-state index contributed by atoms with van der Waals surface area (Å²) in [4.78, 5) is 15.3. The molecule has 4 heteroatoms. The third kappa shape index (κ3) is 3.24. The van der Waals surface area contributed by atoms with Crippen molar-refractivity contribution in [2.45, 2.75) is 6.92 Å². The first kappa shape index (κ1) is 12.0. The fourth-order valence-corrected chi connectivity index (χ4v) is 1.06. The van der Waals surface area contributed by atoms with Crippen LogP contribution in [0.25, 0.3) is 0 Å². The van der Waals surface area contributed by atoms with Crippen LogP contribution in [0.3, 0.4) is 0 Å². The quantitative estimate of drug-likeness (QED) is 0.367. The Morgan fingerprint density at radius 1 is 1.38 bits per heavy atom. The molecule has 0 saturated heterocycles. The molecule has 0 aliphatic rings. The SMILES string of the molecule is COC(=O)/C(C=Nc1ccccc1)=C(/C)O. The van der Waals surface area contributed by atoms with Gasteiger partial charge >= 0.3 is 5.97 Å². The van der Waals surface area contributed by atoms with Gasteiger partial charge in [0.2, 0.25) is 0 Å². The second-order valence-corrected chi connectivity index (χ2v) is 3.08. The summed E-state index contributed by atoms with van der Waals surface area (Å²) in [5, 5.41) is 9.28. The standard InChI is InChI=1S/C12H13NO3/c1-9(14)11(12(15)16-2)8-13-10-6-4-3-5-7-10/h3-8,14H,1-2H3/b11-9-,13-8?. The minimum Gasteiger partial charge on any atom is -0.512 e. The lowest BCUT2D eigenvalue weighted by molar-refractivity contribution is -0.135. The molecule has 1 aromatic carbocycles. The van der Waals surface area contributed by atoms with E-state index in [1.54, 1.807) is 12.1 Å². The van der Waals surface area contributed by atoms with E-state index in [0.29, 0.717) is 5.69 Å². The summed E-state index contributed by atoms with van der Waals surface area (Å²) in [5.74, 6) is -0.730. The zero-order valence-corrected chi connectivity index (χ0v) is 9.18. The number of nitrogens with zero attached hydrogens (tertiary/aromatic N) is 1. The number of hydrogen-bond acceptors (Lipinski definition) is 4. The van der Waals surface area contributed by atoms with Crippen LogP contribution in [0.4, 0.5) is 5.69 Å². The smallest absolute Gasteiger partial charge is 0.342 e. The van der Waals surface area contributed by atoms with E-state index in [4.69, 9.17) is 0 Å². The van der Waals surface area contributed by atoms with Gasteiger partial charge < -0.3 is 9.84 Å². The first-order chi connectivity index (χ1) is 7.65. The molecule has 1 N–H and O–H groups in total. The van der Waals surface area contributed by atoms with E-state index >= 15 is 0 Å².